The number of hydrogen-bond donors (Lipinski definition) is 2. The summed E-state index contributed by atoms with van der Waals surface area (Å²) in [6.07, 6.45) is 1.82. The lowest BCUT2D eigenvalue weighted by Crippen LogP contribution is -2.50. The van der Waals surface area contributed by atoms with Gasteiger partial charge < -0.3 is 10.6 Å². The fourth-order valence-electron chi connectivity index (χ4n) is 2.17. The number of carbonyl (C=O) groups excluding carboxylic acids is 1. The number of aryl methyl sites for hydroxylation is 1. The zero-order chi connectivity index (χ0) is 13.9. The van der Waals surface area contributed by atoms with E-state index in [1.54, 1.807) is 11.3 Å². The summed E-state index contributed by atoms with van der Waals surface area (Å²) in [5.74, 6) is 0.0206. The van der Waals surface area contributed by atoms with Gasteiger partial charge in [-0.25, -0.2) is 4.98 Å². The van der Waals surface area contributed by atoms with Gasteiger partial charge in [-0.05, 0) is 19.4 Å². The first-order valence-corrected chi connectivity index (χ1v) is 7.69. The first-order chi connectivity index (χ1) is 9.78. The van der Waals surface area contributed by atoms with Crippen molar-refractivity contribution >= 4 is 22.4 Å². The van der Waals surface area contributed by atoms with Crippen LogP contribution in [-0.2, 0) is 11.2 Å². The lowest BCUT2D eigenvalue weighted by atomic mass is 10.1. The number of anilines is 1. The second kappa shape index (κ2) is 5.73. The third-order valence-corrected chi connectivity index (χ3v) is 4.55. The van der Waals surface area contributed by atoms with Crippen molar-refractivity contribution in [1.82, 2.24) is 10.3 Å². The molecule has 1 aliphatic rings. The van der Waals surface area contributed by atoms with Gasteiger partial charge in [0.15, 0.2) is 5.13 Å². The number of hydrogen-bond acceptors (Lipinski definition) is 4. The summed E-state index contributed by atoms with van der Waals surface area (Å²) < 4.78 is 0. The highest BCUT2D eigenvalue weighted by atomic mass is 32.1. The first-order valence-electron chi connectivity index (χ1n) is 6.87. The molecule has 0 radical (unpaired) electrons. The molecule has 1 amide bonds. The number of carbonyl (C=O) groups is 1. The highest BCUT2D eigenvalue weighted by molar-refractivity contribution is 7.16. The van der Waals surface area contributed by atoms with Crippen LogP contribution in [0.1, 0.15) is 18.2 Å². The Morgan fingerprint density at radius 1 is 1.45 bits per heavy atom. The van der Waals surface area contributed by atoms with Crippen LogP contribution in [0.4, 0.5) is 5.13 Å². The summed E-state index contributed by atoms with van der Waals surface area (Å²) in [6.45, 7) is 3.03. The van der Waals surface area contributed by atoms with E-state index in [0.717, 1.165) is 30.6 Å². The van der Waals surface area contributed by atoms with Crippen molar-refractivity contribution in [2.45, 2.75) is 25.8 Å². The zero-order valence-electron chi connectivity index (χ0n) is 11.3. The maximum absolute atomic E-state index is 11.9. The van der Waals surface area contributed by atoms with E-state index in [1.165, 1.54) is 4.88 Å². The van der Waals surface area contributed by atoms with Crippen LogP contribution < -0.4 is 10.6 Å². The SMILES string of the molecule is CCc1sc(NC(=O)C2CCN2)nc1-c1ccccc1. The van der Waals surface area contributed by atoms with Crippen molar-refractivity contribution in [2.24, 2.45) is 0 Å². The molecule has 4 nitrogen and oxygen atoms in total. The molecule has 1 atom stereocenters. The standard InChI is InChI=1S/C15H17N3OS/c1-2-12-13(10-6-4-3-5-7-10)17-15(20-12)18-14(19)11-8-9-16-11/h3-7,11,16H,2,8-9H2,1H3,(H,17,18,19). The molecule has 0 aliphatic carbocycles. The van der Waals surface area contributed by atoms with E-state index < -0.39 is 0 Å². The van der Waals surface area contributed by atoms with E-state index in [4.69, 9.17) is 0 Å². The Labute approximate surface area is 122 Å². The number of thiazole rings is 1. The molecular formula is C15H17N3OS. The van der Waals surface area contributed by atoms with Crippen molar-refractivity contribution in [3.05, 3.63) is 35.2 Å². The van der Waals surface area contributed by atoms with Crippen LogP contribution in [0.5, 0.6) is 0 Å². The van der Waals surface area contributed by atoms with E-state index in [2.05, 4.69) is 22.5 Å². The van der Waals surface area contributed by atoms with E-state index in [0.29, 0.717) is 5.13 Å². The summed E-state index contributed by atoms with van der Waals surface area (Å²) in [5, 5.41) is 6.71. The van der Waals surface area contributed by atoms with Crippen molar-refractivity contribution in [3.63, 3.8) is 0 Å². The second-order valence-corrected chi connectivity index (χ2v) is 5.88. The summed E-state index contributed by atoms with van der Waals surface area (Å²) in [7, 11) is 0. The Morgan fingerprint density at radius 2 is 2.20 bits per heavy atom. The molecule has 1 aromatic carbocycles. The molecule has 2 aromatic rings. The van der Waals surface area contributed by atoms with Gasteiger partial charge in [-0.15, -0.1) is 11.3 Å². The predicted octanol–water partition coefficient (Wildman–Crippen LogP) is 2.67. The number of nitrogens with zero attached hydrogens (tertiary/aromatic N) is 1. The third kappa shape index (κ3) is 2.59. The van der Waals surface area contributed by atoms with Crippen LogP contribution in [0.3, 0.4) is 0 Å². The van der Waals surface area contributed by atoms with Gasteiger partial charge in [0, 0.05) is 10.4 Å². The van der Waals surface area contributed by atoms with E-state index in [1.807, 2.05) is 30.3 Å². The highest BCUT2D eigenvalue weighted by Crippen LogP contribution is 2.31. The Balaban J connectivity index is 1.83. The molecule has 1 aromatic heterocycles. The van der Waals surface area contributed by atoms with Crippen molar-refractivity contribution in [2.75, 3.05) is 11.9 Å². The Morgan fingerprint density at radius 3 is 2.80 bits per heavy atom. The zero-order valence-corrected chi connectivity index (χ0v) is 12.2. The summed E-state index contributed by atoms with van der Waals surface area (Å²) >= 11 is 1.56. The molecular weight excluding hydrogens is 270 g/mol. The maximum atomic E-state index is 11.9. The molecule has 104 valence electrons. The van der Waals surface area contributed by atoms with Crippen molar-refractivity contribution in [3.8, 4) is 11.3 Å². The molecule has 2 N–H and O–H groups in total. The first kappa shape index (κ1) is 13.3. The molecule has 20 heavy (non-hydrogen) atoms. The topological polar surface area (TPSA) is 54.0 Å². The van der Waals surface area contributed by atoms with Crippen LogP contribution >= 0.6 is 11.3 Å². The molecule has 2 heterocycles. The average Bonchev–Trinajstić information content (AvgIpc) is 2.80. The van der Waals surface area contributed by atoms with Crippen LogP contribution in [0.2, 0.25) is 0 Å². The largest absolute Gasteiger partial charge is 0.306 e. The quantitative estimate of drug-likeness (QED) is 0.909. The Bertz CT molecular complexity index is 605. The molecule has 1 fully saturated rings. The smallest absolute Gasteiger partial charge is 0.243 e. The van der Waals surface area contributed by atoms with E-state index >= 15 is 0 Å². The van der Waals surface area contributed by atoms with E-state index in [-0.39, 0.29) is 11.9 Å². The van der Waals surface area contributed by atoms with Gasteiger partial charge >= 0.3 is 0 Å². The molecule has 0 spiro atoms. The number of amides is 1. The number of rotatable bonds is 4. The molecule has 5 heteroatoms. The third-order valence-electron chi connectivity index (χ3n) is 3.44. The number of aromatic nitrogens is 1. The maximum Gasteiger partial charge on any atom is 0.243 e. The molecule has 1 saturated heterocycles. The lowest BCUT2D eigenvalue weighted by molar-refractivity contribution is -0.119. The predicted molar refractivity (Wildman–Crippen MR) is 82.0 cm³/mol. The molecule has 0 bridgehead atoms. The van der Waals surface area contributed by atoms with Gasteiger partial charge in [-0.3, -0.25) is 4.79 Å². The fourth-order valence-corrected chi connectivity index (χ4v) is 3.10. The van der Waals surface area contributed by atoms with Crippen molar-refractivity contribution < 1.29 is 4.79 Å². The summed E-state index contributed by atoms with van der Waals surface area (Å²) in [5.41, 5.74) is 2.08. The summed E-state index contributed by atoms with van der Waals surface area (Å²) in [6, 6.07) is 10.0. The van der Waals surface area contributed by atoms with E-state index in [9.17, 15) is 4.79 Å². The minimum absolute atomic E-state index is 0.0206. The Kier molecular flexibility index (Phi) is 3.80. The molecule has 1 unspecified atom stereocenters. The van der Waals surface area contributed by atoms with Crippen molar-refractivity contribution in [1.29, 1.82) is 0 Å². The minimum Gasteiger partial charge on any atom is -0.306 e. The van der Waals surface area contributed by atoms with Gasteiger partial charge in [0.2, 0.25) is 5.91 Å². The van der Waals surface area contributed by atoms with Gasteiger partial charge in [0.25, 0.3) is 0 Å². The normalized spacial score (nSPS) is 17.6. The molecule has 1 aliphatic heterocycles. The minimum atomic E-state index is -0.0517. The average molecular weight is 287 g/mol. The number of nitrogens with one attached hydrogen (secondary N) is 2. The Hall–Kier alpha value is -1.72. The highest BCUT2D eigenvalue weighted by Gasteiger charge is 2.25. The second-order valence-electron chi connectivity index (χ2n) is 4.80. The van der Waals surface area contributed by atoms with Gasteiger partial charge in [0.1, 0.15) is 0 Å². The van der Waals surface area contributed by atoms with Crippen LogP contribution in [0.15, 0.2) is 30.3 Å². The summed E-state index contributed by atoms with van der Waals surface area (Å²) in [4.78, 5) is 17.7. The van der Waals surface area contributed by atoms with Gasteiger partial charge in [0.05, 0.1) is 11.7 Å². The van der Waals surface area contributed by atoms with Gasteiger partial charge in [-0.2, -0.15) is 0 Å². The van der Waals surface area contributed by atoms with Crippen LogP contribution in [0, 0.1) is 0 Å². The van der Waals surface area contributed by atoms with Crippen LogP contribution in [-0.4, -0.2) is 23.5 Å². The molecule has 3 rings (SSSR count). The van der Waals surface area contributed by atoms with Gasteiger partial charge in [-0.1, -0.05) is 37.3 Å². The fraction of sp³-hybridized carbons (Fsp3) is 0.333. The number of benzene rings is 1. The molecule has 0 saturated carbocycles. The lowest BCUT2D eigenvalue weighted by Gasteiger charge is -2.25. The monoisotopic (exact) mass is 287 g/mol. The van der Waals surface area contributed by atoms with Crippen LogP contribution in [0.25, 0.3) is 11.3 Å².